The molecule has 9 heteroatoms. The van der Waals surface area contributed by atoms with E-state index in [-0.39, 0.29) is 17.1 Å². The van der Waals surface area contributed by atoms with Crippen LogP contribution in [0.15, 0.2) is 41.3 Å². The van der Waals surface area contributed by atoms with Gasteiger partial charge in [-0.3, -0.25) is 4.79 Å². The highest BCUT2D eigenvalue weighted by Gasteiger charge is 2.19. The third kappa shape index (κ3) is 5.84. The largest absolute Gasteiger partial charge is 0.322 e. The number of hydrogen-bond acceptors (Lipinski definition) is 3. The standard InChI is InChI=1S/C16H11F3N2O3S.C2H6/c1-2-7-20-25(23,24)11-4-6-13(17)12(9-11)16(22)21-10-3-5-14(18)15(19)8-10;1-2/h1,3-6,8-9,20H,7H2,(H,21,22);1-2H3. The molecule has 0 heterocycles. The molecular formula is C18H17F3N2O3S. The van der Waals surface area contributed by atoms with Crippen molar-refractivity contribution in [2.45, 2.75) is 18.7 Å². The van der Waals surface area contributed by atoms with Gasteiger partial charge in [-0.2, -0.15) is 4.72 Å². The van der Waals surface area contributed by atoms with Crippen LogP contribution in [0.1, 0.15) is 24.2 Å². The lowest BCUT2D eigenvalue weighted by Gasteiger charge is -2.09. The number of anilines is 1. The highest BCUT2D eigenvalue weighted by molar-refractivity contribution is 7.89. The van der Waals surface area contributed by atoms with Crippen molar-refractivity contribution in [3.63, 3.8) is 0 Å². The lowest BCUT2D eigenvalue weighted by Crippen LogP contribution is -2.24. The van der Waals surface area contributed by atoms with Gasteiger partial charge in [-0.05, 0) is 30.3 Å². The van der Waals surface area contributed by atoms with Crippen LogP contribution in [0, 0.1) is 29.8 Å². The first-order valence-electron chi connectivity index (χ1n) is 7.73. The summed E-state index contributed by atoms with van der Waals surface area (Å²) in [7, 11) is -4.03. The molecule has 2 rings (SSSR count). The van der Waals surface area contributed by atoms with E-state index >= 15 is 0 Å². The van der Waals surface area contributed by atoms with Gasteiger partial charge in [0, 0.05) is 11.8 Å². The molecule has 0 aliphatic carbocycles. The summed E-state index contributed by atoms with van der Waals surface area (Å²) in [6, 6.07) is 5.13. The zero-order valence-electron chi connectivity index (χ0n) is 14.5. The minimum absolute atomic E-state index is 0.123. The molecule has 0 radical (unpaired) electrons. The number of amides is 1. The van der Waals surface area contributed by atoms with E-state index < -0.39 is 38.9 Å². The molecular weight excluding hydrogens is 381 g/mol. The molecule has 2 aromatic rings. The maximum atomic E-state index is 13.9. The molecule has 5 nitrogen and oxygen atoms in total. The molecule has 0 spiro atoms. The van der Waals surface area contributed by atoms with Gasteiger partial charge in [0.1, 0.15) is 5.82 Å². The fourth-order valence-corrected chi connectivity index (χ4v) is 2.80. The van der Waals surface area contributed by atoms with Crippen molar-refractivity contribution in [1.29, 1.82) is 0 Å². The second kappa shape index (κ2) is 9.75. The molecule has 0 unspecified atom stereocenters. The summed E-state index contributed by atoms with van der Waals surface area (Å²) >= 11 is 0. The van der Waals surface area contributed by atoms with E-state index in [1.807, 2.05) is 13.8 Å². The van der Waals surface area contributed by atoms with E-state index in [1.54, 1.807) is 0 Å². The van der Waals surface area contributed by atoms with E-state index in [1.165, 1.54) is 0 Å². The molecule has 2 N–H and O–H groups in total. The molecule has 0 saturated carbocycles. The second-order valence-corrected chi connectivity index (χ2v) is 6.52. The molecule has 144 valence electrons. The fourth-order valence-electron chi connectivity index (χ4n) is 1.84. The van der Waals surface area contributed by atoms with Gasteiger partial charge >= 0.3 is 0 Å². The predicted molar refractivity (Wildman–Crippen MR) is 96.1 cm³/mol. The van der Waals surface area contributed by atoms with Crippen LogP contribution in [-0.4, -0.2) is 20.9 Å². The predicted octanol–water partition coefficient (Wildman–Crippen LogP) is 3.29. The third-order valence-electron chi connectivity index (χ3n) is 3.03. The SMILES string of the molecule is C#CCNS(=O)(=O)c1ccc(F)c(C(=O)Nc2ccc(F)c(F)c2)c1.CC. The minimum Gasteiger partial charge on any atom is -0.322 e. The lowest BCUT2D eigenvalue weighted by atomic mass is 10.2. The summed E-state index contributed by atoms with van der Waals surface area (Å²) in [6.07, 6.45) is 4.97. The number of carbonyl (C=O) groups excluding carboxylic acids is 1. The van der Waals surface area contributed by atoms with Crippen LogP contribution in [0.2, 0.25) is 0 Å². The zero-order chi connectivity index (χ0) is 20.6. The van der Waals surface area contributed by atoms with Gasteiger partial charge in [-0.15, -0.1) is 6.42 Å². The zero-order valence-corrected chi connectivity index (χ0v) is 15.3. The normalized spacial score (nSPS) is 10.4. The molecule has 0 bridgehead atoms. The Bertz CT molecular complexity index is 970. The molecule has 0 fully saturated rings. The Labute approximate surface area is 155 Å². The first kappa shape index (κ1) is 22.2. The molecule has 1 amide bonds. The van der Waals surface area contributed by atoms with Crippen LogP contribution in [0.5, 0.6) is 0 Å². The van der Waals surface area contributed by atoms with Gasteiger partial charge in [-0.25, -0.2) is 21.6 Å². The third-order valence-corrected chi connectivity index (χ3v) is 4.43. The van der Waals surface area contributed by atoms with E-state index in [0.29, 0.717) is 6.07 Å². The number of benzene rings is 2. The first-order chi connectivity index (χ1) is 12.7. The van der Waals surface area contributed by atoms with Crippen LogP contribution in [-0.2, 0) is 10.0 Å². The Balaban J connectivity index is 0.00000176. The topological polar surface area (TPSA) is 75.3 Å². The Hall–Kier alpha value is -2.83. The van der Waals surface area contributed by atoms with Crippen LogP contribution in [0.25, 0.3) is 0 Å². The summed E-state index contributed by atoms with van der Waals surface area (Å²) in [4.78, 5) is 11.7. The van der Waals surface area contributed by atoms with Crippen molar-refractivity contribution in [1.82, 2.24) is 4.72 Å². The molecule has 0 aromatic heterocycles. The van der Waals surface area contributed by atoms with Crippen molar-refractivity contribution in [3.05, 3.63) is 59.4 Å². The van der Waals surface area contributed by atoms with Crippen LogP contribution in [0.3, 0.4) is 0 Å². The summed E-state index contributed by atoms with van der Waals surface area (Å²) in [5, 5.41) is 2.16. The van der Waals surface area contributed by atoms with E-state index in [0.717, 1.165) is 30.3 Å². The fraction of sp³-hybridized carbons (Fsp3) is 0.167. The average molecular weight is 398 g/mol. The molecule has 27 heavy (non-hydrogen) atoms. The minimum atomic E-state index is -4.03. The molecule has 0 saturated heterocycles. The second-order valence-electron chi connectivity index (χ2n) is 4.75. The van der Waals surface area contributed by atoms with Crippen molar-refractivity contribution in [2.24, 2.45) is 0 Å². The Kier molecular flexibility index (Phi) is 8.02. The van der Waals surface area contributed by atoms with Gasteiger partial charge in [0.25, 0.3) is 5.91 Å². The first-order valence-corrected chi connectivity index (χ1v) is 9.22. The number of rotatable bonds is 5. The number of halogens is 3. The van der Waals surface area contributed by atoms with Crippen molar-refractivity contribution >= 4 is 21.6 Å². The summed E-state index contributed by atoms with van der Waals surface area (Å²) in [6.45, 7) is 3.72. The van der Waals surface area contributed by atoms with Crippen LogP contribution >= 0.6 is 0 Å². The van der Waals surface area contributed by atoms with Crippen molar-refractivity contribution in [3.8, 4) is 12.3 Å². The maximum Gasteiger partial charge on any atom is 0.258 e. The summed E-state index contributed by atoms with van der Waals surface area (Å²) < 4.78 is 65.9. The number of carbonyl (C=O) groups is 1. The Morgan fingerprint density at radius 1 is 1.04 bits per heavy atom. The van der Waals surface area contributed by atoms with E-state index in [2.05, 4.69) is 16.0 Å². The van der Waals surface area contributed by atoms with Gasteiger partial charge in [0.05, 0.1) is 17.0 Å². The smallest absolute Gasteiger partial charge is 0.258 e. The summed E-state index contributed by atoms with van der Waals surface area (Å²) in [5.41, 5.74) is -0.713. The Morgan fingerprint density at radius 3 is 2.26 bits per heavy atom. The van der Waals surface area contributed by atoms with Crippen molar-refractivity contribution < 1.29 is 26.4 Å². The number of terminal acetylenes is 1. The lowest BCUT2D eigenvalue weighted by molar-refractivity contribution is 0.102. The monoisotopic (exact) mass is 398 g/mol. The van der Waals surface area contributed by atoms with Gasteiger partial charge in [-0.1, -0.05) is 19.8 Å². The van der Waals surface area contributed by atoms with Gasteiger partial charge in [0.2, 0.25) is 10.0 Å². The van der Waals surface area contributed by atoms with Gasteiger partial charge < -0.3 is 5.32 Å². The quantitative estimate of drug-likeness (QED) is 0.759. The van der Waals surface area contributed by atoms with E-state index in [4.69, 9.17) is 6.42 Å². The van der Waals surface area contributed by atoms with Crippen LogP contribution < -0.4 is 10.0 Å². The summed E-state index contributed by atoms with van der Waals surface area (Å²) in [5.74, 6) is -2.26. The highest BCUT2D eigenvalue weighted by Crippen LogP contribution is 2.18. The Morgan fingerprint density at radius 2 is 1.67 bits per heavy atom. The highest BCUT2D eigenvalue weighted by atomic mass is 32.2. The van der Waals surface area contributed by atoms with Gasteiger partial charge in [0.15, 0.2) is 11.6 Å². The number of sulfonamides is 1. The molecule has 2 aromatic carbocycles. The molecule has 0 aliphatic rings. The van der Waals surface area contributed by atoms with E-state index in [9.17, 15) is 26.4 Å². The van der Waals surface area contributed by atoms with Crippen LogP contribution in [0.4, 0.5) is 18.9 Å². The number of nitrogens with one attached hydrogen (secondary N) is 2. The average Bonchev–Trinajstić information content (AvgIpc) is 2.65. The molecule has 0 atom stereocenters. The number of hydrogen-bond donors (Lipinski definition) is 2. The van der Waals surface area contributed by atoms with Crippen molar-refractivity contribution in [2.75, 3.05) is 11.9 Å². The maximum absolute atomic E-state index is 13.9. The molecule has 0 aliphatic heterocycles.